The van der Waals surface area contributed by atoms with Crippen molar-refractivity contribution in [2.75, 3.05) is 17.7 Å². The number of nitrogens with zero attached hydrogens (tertiary/aromatic N) is 4. The van der Waals surface area contributed by atoms with E-state index in [1.165, 1.54) is 5.06 Å². The molecule has 0 aliphatic carbocycles. The van der Waals surface area contributed by atoms with Crippen LogP contribution in [-0.2, 0) is 4.84 Å². The fourth-order valence-electron chi connectivity index (χ4n) is 3.70. The molecule has 2 amide bonds. The molecule has 5 rings (SSSR count). The van der Waals surface area contributed by atoms with Gasteiger partial charge in [-0.15, -0.1) is 5.10 Å². The molecule has 2 aromatic carbocycles. The third kappa shape index (κ3) is 3.78. The molecular formula is C22H19ClN6O2. The molecule has 3 N–H and O–H groups in total. The molecule has 1 aliphatic rings. The van der Waals surface area contributed by atoms with E-state index in [1.807, 2.05) is 54.6 Å². The average molecular weight is 435 g/mol. The van der Waals surface area contributed by atoms with Crippen LogP contribution < -0.4 is 11.1 Å². The predicted molar refractivity (Wildman–Crippen MR) is 118 cm³/mol. The molecule has 1 saturated heterocycles. The first-order valence-electron chi connectivity index (χ1n) is 9.78. The highest BCUT2D eigenvalue weighted by molar-refractivity contribution is 6.33. The number of anilines is 2. The molecule has 0 radical (unpaired) electrons. The topological polar surface area (TPSA) is 97.8 Å². The van der Waals surface area contributed by atoms with Gasteiger partial charge in [0.1, 0.15) is 0 Å². The highest BCUT2D eigenvalue weighted by atomic mass is 35.5. The maximum Gasteiger partial charge on any atom is 0.346 e. The minimum Gasteiger partial charge on any atom is -0.366 e. The van der Waals surface area contributed by atoms with E-state index in [0.717, 1.165) is 23.1 Å². The van der Waals surface area contributed by atoms with Crippen LogP contribution in [0.4, 0.5) is 16.4 Å². The van der Waals surface area contributed by atoms with Crippen LogP contribution in [-0.4, -0.2) is 32.3 Å². The molecule has 4 aromatic rings. The van der Waals surface area contributed by atoms with Gasteiger partial charge in [0.15, 0.2) is 5.65 Å². The van der Waals surface area contributed by atoms with E-state index < -0.39 is 0 Å². The van der Waals surface area contributed by atoms with Crippen LogP contribution in [0, 0.1) is 0 Å². The summed E-state index contributed by atoms with van der Waals surface area (Å²) in [4.78, 5) is 22.8. The molecular weight excluding hydrogens is 416 g/mol. The summed E-state index contributed by atoms with van der Waals surface area (Å²) in [5.41, 5.74) is 9.58. The highest BCUT2D eigenvalue weighted by Crippen LogP contribution is 2.33. The lowest BCUT2D eigenvalue weighted by atomic mass is 10.0. The Labute approximate surface area is 183 Å². The van der Waals surface area contributed by atoms with Gasteiger partial charge in [-0.05, 0) is 41.0 Å². The van der Waals surface area contributed by atoms with Gasteiger partial charge in [-0.3, -0.25) is 4.84 Å². The van der Waals surface area contributed by atoms with Crippen molar-refractivity contribution in [2.24, 2.45) is 0 Å². The van der Waals surface area contributed by atoms with Crippen LogP contribution >= 0.6 is 11.6 Å². The number of carbonyl (C=O) groups is 1. The largest absolute Gasteiger partial charge is 0.366 e. The lowest BCUT2D eigenvalue weighted by Crippen LogP contribution is -2.33. The number of nitrogens with one attached hydrogen (secondary N) is 1. The van der Waals surface area contributed by atoms with E-state index in [-0.39, 0.29) is 18.0 Å². The van der Waals surface area contributed by atoms with Crippen molar-refractivity contribution in [1.29, 1.82) is 0 Å². The Morgan fingerprint density at radius 3 is 2.77 bits per heavy atom. The number of hydroxylamine groups is 2. The van der Waals surface area contributed by atoms with Crippen LogP contribution in [0.15, 0.2) is 66.9 Å². The Hall–Kier alpha value is -3.62. The monoisotopic (exact) mass is 434 g/mol. The van der Waals surface area contributed by atoms with Crippen LogP contribution in [0.3, 0.4) is 0 Å². The number of amides is 2. The van der Waals surface area contributed by atoms with Crippen LogP contribution in [0.25, 0.3) is 16.8 Å². The van der Waals surface area contributed by atoms with Gasteiger partial charge in [0, 0.05) is 12.6 Å². The number of nitrogen functional groups attached to an aromatic ring is 1. The zero-order valence-electron chi connectivity index (χ0n) is 16.4. The van der Waals surface area contributed by atoms with Crippen molar-refractivity contribution in [1.82, 2.24) is 19.7 Å². The molecule has 0 bridgehead atoms. The Balaban J connectivity index is 1.40. The number of rotatable bonds is 3. The van der Waals surface area contributed by atoms with Crippen molar-refractivity contribution >= 4 is 34.9 Å². The Bertz CT molecular complexity index is 1260. The van der Waals surface area contributed by atoms with Crippen molar-refractivity contribution in [2.45, 2.75) is 12.5 Å². The van der Waals surface area contributed by atoms with E-state index in [0.29, 0.717) is 23.0 Å². The maximum absolute atomic E-state index is 13.0. The first-order valence-corrected chi connectivity index (χ1v) is 10.2. The summed E-state index contributed by atoms with van der Waals surface area (Å²) < 4.78 is 1.60. The number of pyridine rings is 1. The predicted octanol–water partition coefficient (Wildman–Crippen LogP) is 4.54. The number of halogens is 1. The van der Waals surface area contributed by atoms with E-state index >= 15 is 0 Å². The Morgan fingerprint density at radius 2 is 1.94 bits per heavy atom. The van der Waals surface area contributed by atoms with Gasteiger partial charge in [-0.25, -0.2) is 9.31 Å². The summed E-state index contributed by atoms with van der Waals surface area (Å²) >= 11 is 6.37. The first-order chi connectivity index (χ1) is 15.1. The zero-order chi connectivity index (χ0) is 21.4. The fraction of sp³-hybridized carbons (Fsp3) is 0.136. The summed E-state index contributed by atoms with van der Waals surface area (Å²) in [7, 11) is 0. The fourth-order valence-corrected chi connectivity index (χ4v) is 3.86. The molecule has 31 heavy (non-hydrogen) atoms. The van der Waals surface area contributed by atoms with Gasteiger partial charge < -0.3 is 11.1 Å². The second kappa shape index (κ2) is 7.90. The van der Waals surface area contributed by atoms with Gasteiger partial charge >= 0.3 is 6.03 Å². The SMILES string of the molecule is Nc1nc2cc(-c3ccc(Cl)c(NC(=O)N4OCC[C@H]4c4ccccc4)c3)ccn2n1. The van der Waals surface area contributed by atoms with E-state index in [2.05, 4.69) is 15.4 Å². The second-order valence-corrected chi connectivity index (χ2v) is 7.59. The van der Waals surface area contributed by atoms with Crippen molar-refractivity contribution in [3.05, 3.63) is 77.4 Å². The third-order valence-corrected chi connectivity index (χ3v) is 5.51. The van der Waals surface area contributed by atoms with Gasteiger partial charge in [-0.1, -0.05) is 48.0 Å². The molecule has 1 atom stereocenters. The number of nitrogens with two attached hydrogens (primary N) is 1. The summed E-state index contributed by atoms with van der Waals surface area (Å²) in [5, 5.41) is 8.77. The third-order valence-electron chi connectivity index (χ3n) is 5.18. The smallest absolute Gasteiger partial charge is 0.346 e. The summed E-state index contributed by atoms with van der Waals surface area (Å²) in [5.74, 6) is 0.208. The molecule has 3 heterocycles. The number of fused-ring (bicyclic) bond motifs is 1. The first kappa shape index (κ1) is 19.3. The maximum atomic E-state index is 13.0. The minimum absolute atomic E-state index is 0.149. The number of benzene rings is 2. The molecule has 9 heteroatoms. The molecule has 0 unspecified atom stereocenters. The Morgan fingerprint density at radius 1 is 1.13 bits per heavy atom. The zero-order valence-corrected chi connectivity index (χ0v) is 17.2. The van der Waals surface area contributed by atoms with Crippen LogP contribution in [0.5, 0.6) is 0 Å². The van der Waals surface area contributed by atoms with Crippen LogP contribution in [0.2, 0.25) is 5.02 Å². The van der Waals surface area contributed by atoms with Crippen LogP contribution in [0.1, 0.15) is 18.0 Å². The van der Waals surface area contributed by atoms with Gasteiger partial charge in [0.25, 0.3) is 0 Å². The van der Waals surface area contributed by atoms with Crippen molar-refractivity contribution < 1.29 is 9.63 Å². The molecule has 0 spiro atoms. The normalized spacial score (nSPS) is 16.0. The van der Waals surface area contributed by atoms with Gasteiger partial charge in [0.05, 0.1) is 23.4 Å². The number of urea groups is 1. The lowest BCUT2D eigenvalue weighted by molar-refractivity contribution is -0.0829. The molecule has 2 aromatic heterocycles. The standard InChI is InChI=1S/C22H19ClN6O2/c23-17-7-6-15(16-8-10-28-20(13-16)26-21(24)27-28)12-18(17)25-22(30)29-19(9-11-31-29)14-4-2-1-3-5-14/h1-8,10,12-13,19H,9,11H2,(H2,24,27)(H,25,30)/t19-/m0/s1. The van der Waals surface area contributed by atoms with Gasteiger partial charge in [-0.2, -0.15) is 10.0 Å². The molecule has 0 saturated carbocycles. The van der Waals surface area contributed by atoms with E-state index in [1.54, 1.807) is 16.8 Å². The quantitative estimate of drug-likeness (QED) is 0.493. The number of carbonyl (C=O) groups excluding carboxylic acids is 1. The molecule has 1 fully saturated rings. The average Bonchev–Trinajstić information content (AvgIpc) is 3.41. The lowest BCUT2D eigenvalue weighted by Gasteiger charge is -2.23. The number of aromatic nitrogens is 3. The minimum atomic E-state index is -0.369. The summed E-state index contributed by atoms with van der Waals surface area (Å²) in [6.07, 6.45) is 2.51. The van der Waals surface area contributed by atoms with Crippen molar-refractivity contribution in [3.8, 4) is 11.1 Å². The Kier molecular flexibility index (Phi) is 4.93. The number of hydrogen-bond donors (Lipinski definition) is 2. The van der Waals surface area contributed by atoms with Crippen molar-refractivity contribution in [3.63, 3.8) is 0 Å². The summed E-state index contributed by atoms with van der Waals surface area (Å²) in [6.45, 7) is 0.474. The molecule has 8 nitrogen and oxygen atoms in total. The van der Waals surface area contributed by atoms with E-state index in [9.17, 15) is 4.79 Å². The second-order valence-electron chi connectivity index (χ2n) is 7.19. The number of hydrogen-bond acceptors (Lipinski definition) is 5. The highest BCUT2D eigenvalue weighted by Gasteiger charge is 2.32. The van der Waals surface area contributed by atoms with Gasteiger partial charge in [0.2, 0.25) is 5.95 Å². The van der Waals surface area contributed by atoms with E-state index in [4.69, 9.17) is 22.2 Å². The summed E-state index contributed by atoms with van der Waals surface area (Å²) in [6, 6.07) is 18.5. The molecule has 156 valence electrons. The molecule has 1 aliphatic heterocycles.